The quantitative estimate of drug-likeness (QED) is 0.453. The molecule has 6 nitrogen and oxygen atoms in total. The molecule has 3 unspecified atom stereocenters. The van der Waals surface area contributed by atoms with Gasteiger partial charge in [0.05, 0.1) is 22.6 Å². The van der Waals surface area contributed by atoms with Crippen molar-refractivity contribution in [3.05, 3.63) is 64.7 Å². The van der Waals surface area contributed by atoms with E-state index in [0.717, 1.165) is 36.3 Å². The molecule has 2 bridgehead atoms. The number of piperidine rings is 1. The number of alkyl halides is 3. The Bertz CT molecular complexity index is 1450. The molecule has 2 aliphatic heterocycles. The number of likely N-dealkylation sites (tertiary alicyclic amines) is 1. The lowest BCUT2D eigenvalue weighted by Gasteiger charge is -2.65. The van der Waals surface area contributed by atoms with Gasteiger partial charge in [-0.25, -0.2) is 0 Å². The lowest BCUT2D eigenvalue weighted by atomic mass is 9.48. The van der Waals surface area contributed by atoms with Gasteiger partial charge in [-0.05, 0) is 100 Å². The van der Waals surface area contributed by atoms with Crippen LogP contribution in [-0.2, 0) is 22.8 Å². The Morgan fingerprint density at radius 2 is 1.98 bits per heavy atom. The highest BCUT2D eigenvalue weighted by atomic mass is 19.4. The second-order valence-electron chi connectivity index (χ2n) is 13.2. The number of benzene rings is 2. The molecule has 0 radical (unpaired) electrons. The van der Waals surface area contributed by atoms with E-state index < -0.39 is 34.9 Å². The number of amides is 1. The van der Waals surface area contributed by atoms with Crippen LogP contribution in [0.2, 0.25) is 0 Å². The molecule has 1 spiro atoms. The fourth-order valence-corrected chi connectivity index (χ4v) is 8.61. The van der Waals surface area contributed by atoms with Crippen LogP contribution in [0.1, 0.15) is 68.2 Å². The average molecular weight is 583 g/mol. The molecule has 9 heteroatoms. The fraction of sp³-hybridized carbons (Fsp3) is 0.545. The minimum Gasteiger partial charge on any atom is -0.504 e. The van der Waals surface area contributed by atoms with Crippen LogP contribution in [0.3, 0.4) is 0 Å². The van der Waals surface area contributed by atoms with Gasteiger partial charge in [0.2, 0.25) is 5.91 Å². The van der Waals surface area contributed by atoms with E-state index >= 15 is 0 Å². The van der Waals surface area contributed by atoms with Crippen molar-refractivity contribution in [3.8, 4) is 11.5 Å². The summed E-state index contributed by atoms with van der Waals surface area (Å²) in [4.78, 5) is 18.0. The smallest absolute Gasteiger partial charge is 0.416 e. The molecule has 2 saturated carbocycles. The Labute approximate surface area is 243 Å². The van der Waals surface area contributed by atoms with E-state index in [9.17, 15) is 28.2 Å². The van der Waals surface area contributed by atoms with E-state index in [-0.39, 0.29) is 29.3 Å². The van der Waals surface area contributed by atoms with Crippen molar-refractivity contribution in [2.45, 2.75) is 93.8 Å². The Balaban J connectivity index is 1.25. The Kier molecular flexibility index (Phi) is 6.27. The standard InChI is InChI=1S/C33H37F3N2O4/c1-19(2)38(27(40)11-8-20-4-3-5-23(16-20)33(34,35)36)24-12-13-32(41)26-17-22-9-10-25(39)29-28(22)31(32,30(24)42-29)14-15-37(26)18-21-6-7-21/h3-5,8-11,16,19,21,24,26,30,39,41H,6-7,12-15,17-18H2,1-2H3/b11-8+/t24?,26-,30?,31-,32?/m0/s1. The maximum atomic E-state index is 13.8. The summed E-state index contributed by atoms with van der Waals surface area (Å²) in [7, 11) is 0. The van der Waals surface area contributed by atoms with Crippen LogP contribution in [0.25, 0.3) is 6.08 Å². The van der Waals surface area contributed by atoms with Crippen LogP contribution < -0.4 is 4.74 Å². The molecule has 2 aromatic rings. The number of hydrogen-bond donors (Lipinski definition) is 2. The number of aromatic hydroxyl groups is 1. The normalized spacial score (nSPS) is 31.7. The third kappa shape index (κ3) is 4.03. The minimum atomic E-state index is -4.47. The summed E-state index contributed by atoms with van der Waals surface area (Å²) in [5.41, 5.74) is -0.314. The predicted molar refractivity (Wildman–Crippen MR) is 151 cm³/mol. The van der Waals surface area contributed by atoms with Gasteiger partial charge >= 0.3 is 6.18 Å². The van der Waals surface area contributed by atoms with Crippen LogP contribution >= 0.6 is 0 Å². The number of ether oxygens (including phenoxy) is 1. The molecule has 7 rings (SSSR count). The number of phenols is 1. The number of hydrogen-bond acceptors (Lipinski definition) is 5. The molecule has 42 heavy (non-hydrogen) atoms. The van der Waals surface area contributed by atoms with E-state index in [1.165, 1.54) is 37.1 Å². The van der Waals surface area contributed by atoms with Crippen LogP contribution in [0, 0.1) is 5.92 Å². The molecule has 5 aliphatic rings. The zero-order chi connectivity index (χ0) is 29.6. The number of carbonyl (C=O) groups excluding carboxylic acids is 1. The van der Waals surface area contributed by atoms with Crippen molar-refractivity contribution in [2.75, 3.05) is 13.1 Å². The summed E-state index contributed by atoms with van der Waals surface area (Å²) in [6.07, 6.45) is 2.56. The van der Waals surface area contributed by atoms with Gasteiger partial charge in [-0.1, -0.05) is 18.2 Å². The Hall–Kier alpha value is -3.04. The molecule has 1 saturated heterocycles. The summed E-state index contributed by atoms with van der Waals surface area (Å²) in [6.45, 7) is 5.63. The van der Waals surface area contributed by atoms with Crippen LogP contribution in [0.15, 0.2) is 42.5 Å². The molecule has 2 aromatic carbocycles. The van der Waals surface area contributed by atoms with Crippen LogP contribution in [0.4, 0.5) is 13.2 Å². The molecule has 2 heterocycles. The second kappa shape index (κ2) is 9.48. The van der Waals surface area contributed by atoms with Gasteiger partial charge < -0.3 is 19.8 Å². The highest BCUT2D eigenvalue weighted by Crippen LogP contribution is 2.66. The number of halogens is 3. The molecule has 3 fully saturated rings. The van der Waals surface area contributed by atoms with Gasteiger partial charge in [0.1, 0.15) is 6.10 Å². The zero-order valence-corrected chi connectivity index (χ0v) is 23.9. The number of carbonyl (C=O) groups is 1. The van der Waals surface area contributed by atoms with E-state index in [1.807, 2.05) is 19.9 Å². The molecule has 3 aliphatic carbocycles. The van der Waals surface area contributed by atoms with E-state index in [4.69, 9.17) is 4.74 Å². The molecule has 0 aromatic heterocycles. The Morgan fingerprint density at radius 1 is 1.19 bits per heavy atom. The van der Waals surface area contributed by atoms with Crippen molar-refractivity contribution >= 4 is 12.0 Å². The minimum absolute atomic E-state index is 0.0457. The van der Waals surface area contributed by atoms with Gasteiger partial charge in [-0.15, -0.1) is 0 Å². The van der Waals surface area contributed by atoms with E-state index in [1.54, 1.807) is 11.0 Å². The first-order valence-corrected chi connectivity index (χ1v) is 15.1. The molecule has 1 amide bonds. The topological polar surface area (TPSA) is 73.2 Å². The first kappa shape index (κ1) is 27.8. The lowest BCUT2D eigenvalue weighted by molar-refractivity contribution is -0.202. The molecule has 5 atom stereocenters. The fourth-order valence-electron chi connectivity index (χ4n) is 8.61. The van der Waals surface area contributed by atoms with E-state index in [0.29, 0.717) is 37.4 Å². The summed E-state index contributed by atoms with van der Waals surface area (Å²) in [6, 6.07) is 7.85. The first-order valence-electron chi connectivity index (χ1n) is 15.1. The van der Waals surface area contributed by atoms with E-state index in [2.05, 4.69) is 4.90 Å². The largest absolute Gasteiger partial charge is 0.504 e. The first-order chi connectivity index (χ1) is 19.9. The molecular formula is C33H37F3N2O4. The van der Waals surface area contributed by atoms with Gasteiger partial charge in [-0.3, -0.25) is 9.69 Å². The highest BCUT2D eigenvalue weighted by molar-refractivity contribution is 5.92. The highest BCUT2D eigenvalue weighted by Gasteiger charge is 2.73. The monoisotopic (exact) mass is 582 g/mol. The third-order valence-electron chi connectivity index (χ3n) is 10.5. The van der Waals surface area contributed by atoms with Crippen molar-refractivity contribution in [2.24, 2.45) is 5.92 Å². The number of phenolic OH excluding ortho intramolecular Hbond substituents is 1. The zero-order valence-electron chi connectivity index (χ0n) is 23.9. The summed E-state index contributed by atoms with van der Waals surface area (Å²) < 4.78 is 46.4. The van der Waals surface area contributed by atoms with Crippen LogP contribution in [0.5, 0.6) is 11.5 Å². The number of rotatable bonds is 6. The molecule has 224 valence electrons. The summed E-state index contributed by atoms with van der Waals surface area (Å²) in [5.74, 6) is 0.831. The van der Waals surface area contributed by atoms with Crippen LogP contribution in [-0.4, -0.2) is 68.8 Å². The second-order valence-corrected chi connectivity index (χ2v) is 13.2. The van der Waals surface area contributed by atoms with Crippen molar-refractivity contribution in [1.82, 2.24) is 9.80 Å². The number of aliphatic hydroxyl groups is 1. The molecule has 2 N–H and O–H groups in total. The molecular weight excluding hydrogens is 545 g/mol. The SMILES string of the molecule is CC(C)N(C(=O)/C=C/c1cccc(C(F)(F)F)c1)C1CCC2(O)[C@@H]3Cc4ccc(O)c5c4[C@@]2(CCN3CC2CC2)C1O5. The maximum absolute atomic E-state index is 13.8. The van der Waals surface area contributed by atoms with Gasteiger partial charge in [0, 0.05) is 30.3 Å². The maximum Gasteiger partial charge on any atom is 0.416 e. The average Bonchev–Trinajstić information content (AvgIpc) is 3.68. The van der Waals surface area contributed by atoms with Gasteiger partial charge in [0.15, 0.2) is 11.5 Å². The summed E-state index contributed by atoms with van der Waals surface area (Å²) >= 11 is 0. The van der Waals surface area contributed by atoms with Gasteiger partial charge in [0.25, 0.3) is 0 Å². The van der Waals surface area contributed by atoms with Crippen molar-refractivity contribution < 1.29 is 32.9 Å². The predicted octanol–water partition coefficient (Wildman–Crippen LogP) is 5.29. The Morgan fingerprint density at radius 3 is 2.69 bits per heavy atom. The third-order valence-corrected chi connectivity index (χ3v) is 10.5. The number of nitrogens with zero attached hydrogens (tertiary/aromatic N) is 2. The summed E-state index contributed by atoms with van der Waals surface area (Å²) in [5, 5.41) is 23.6. The van der Waals surface area contributed by atoms with Crippen molar-refractivity contribution in [1.29, 1.82) is 0 Å². The van der Waals surface area contributed by atoms with Gasteiger partial charge in [-0.2, -0.15) is 13.2 Å². The lowest BCUT2D eigenvalue weighted by Crippen LogP contribution is -2.78. The van der Waals surface area contributed by atoms with Crippen molar-refractivity contribution in [3.63, 3.8) is 0 Å².